The number of aryl methyl sites for hydroxylation is 2. The minimum absolute atomic E-state index is 0.156. The summed E-state index contributed by atoms with van der Waals surface area (Å²) >= 11 is 0. The minimum atomic E-state index is 0.156. The van der Waals surface area contributed by atoms with Gasteiger partial charge >= 0.3 is 0 Å². The first-order valence-electron chi connectivity index (χ1n) is 5.08. The van der Waals surface area contributed by atoms with Crippen LogP contribution in [0.1, 0.15) is 19.0 Å². The lowest BCUT2D eigenvalue weighted by Gasteiger charge is -2.14. The molecular weight excluding hydrogens is 178 g/mol. The average molecular weight is 197 g/mol. The van der Waals surface area contributed by atoms with Gasteiger partial charge in [0, 0.05) is 31.6 Å². The molecule has 14 heavy (non-hydrogen) atoms. The highest BCUT2D eigenvalue weighted by Gasteiger charge is 2.06. The van der Waals surface area contributed by atoms with E-state index in [0.717, 1.165) is 19.6 Å². The van der Waals surface area contributed by atoms with E-state index in [2.05, 4.69) is 5.10 Å². The van der Waals surface area contributed by atoms with Crippen LogP contribution in [0.4, 0.5) is 0 Å². The molecule has 1 unspecified atom stereocenters. The van der Waals surface area contributed by atoms with E-state index < -0.39 is 0 Å². The van der Waals surface area contributed by atoms with Crippen LogP contribution in [0.3, 0.4) is 0 Å². The first kappa shape index (κ1) is 11.2. The standard InChI is InChI=1S/C10H19N3O/c1-3-14-10(8-11)5-7-13-9(2)4-6-12-13/h4,6,10H,3,5,7-8,11H2,1-2H3. The molecule has 0 radical (unpaired) electrons. The Balaban J connectivity index is 2.35. The fraction of sp³-hybridized carbons (Fsp3) is 0.700. The normalized spacial score (nSPS) is 13.1. The highest BCUT2D eigenvalue weighted by atomic mass is 16.5. The molecule has 80 valence electrons. The smallest absolute Gasteiger partial charge is 0.0714 e. The Bertz CT molecular complexity index is 260. The predicted octanol–water partition coefficient (Wildman–Crippen LogP) is 0.945. The van der Waals surface area contributed by atoms with Gasteiger partial charge in [0.2, 0.25) is 0 Å². The van der Waals surface area contributed by atoms with Crippen LogP contribution >= 0.6 is 0 Å². The van der Waals surface area contributed by atoms with Gasteiger partial charge in [-0.2, -0.15) is 5.10 Å². The van der Waals surface area contributed by atoms with E-state index in [1.54, 1.807) is 0 Å². The first-order chi connectivity index (χ1) is 6.77. The van der Waals surface area contributed by atoms with Crippen molar-refractivity contribution in [2.75, 3.05) is 13.2 Å². The second-order valence-electron chi connectivity index (χ2n) is 3.30. The summed E-state index contributed by atoms with van der Waals surface area (Å²) in [5.74, 6) is 0. The Hall–Kier alpha value is -0.870. The van der Waals surface area contributed by atoms with Crippen molar-refractivity contribution in [2.24, 2.45) is 5.73 Å². The van der Waals surface area contributed by atoms with Crippen LogP contribution in [0.25, 0.3) is 0 Å². The van der Waals surface area contributed by atoms with Gasteiger partial charge in [-0.15, -0.1) is 0 Å². The molecule has 0 spiro atoms. The number of nitrogens with zero attached hydrogens (tertiary/aromatic N) is 2. The summed E-state index contributed by atoms with van der Waals surface area (Å²) in [5, 5.41) is 4.20. The lowest BCUT2D eigenvalue weighted by atomic mass is 10.2. The minimum Gasteiger partial charge on any atom is -0.377 e. The molecule has 0 saturated carbocycles. The summed E-state index contributed by atoms with van der Waals surface area (Å²) in [6.45, 7) is 6.21. The van der Waals surface area contributed by atoms with Gasteiger partial charge in [-0.3, -0.25) is 4.68 Å². The number of hydrogen-bond acceptors (Lipinski definition) is 3. The maximum Gasteiger partial charge on any atom is 0.0714 e. The fourth-order valence-corrected chi connectivity index (χ4v) is 1.40. The number of nitrogens with two attached hydrogens (primary N) is 1. The zero-order valence-corrected chi connectivity index (χ0v) is 8.94. The number of aromatic nitrogens is 2. The Morgan fingerprint density at radius 3 is 2.93 bits per heavy atom. The molecule has 0 aliphatic rings. The van der Waals surface area contributed by atoms with Crippen molar-refractivity contribution in [3.8, 4) is 0 Å². The SMILES string of the molecule is CCOC(CN)CCn1nccc1C. The van der Waals surface area contributed by atoms with Gasteiger partial charge in [0.15, 0.2) is 0 Å². The van der Waals surface area contributed by atoms with Crippen LogP contribution in [0.15, 0.2) is 12.3 Å². The van der Waals surface area contributed by atoms with Crippen LogP contribution in [0, 0.1) is 6.92 Å². The first-order valence-corrected chi connectivity index (χ1v) is 5.08. The molecule has 1 aromatic rings. The van der Waals surface area contributed by atoms with Crippen LogP contribution in [0.5, 0.6) is 0 Å². The van der Waals surface area contributed by atoms with E-state index in [4.69, 9.17) is 10.5 Å². The quantitative estimate of drug-likeness (QED) is 0.738. The molecule has 1 heterocycles. The topological polar surface area (TPSA) is 53.1 Å². The van der Waals surface area contributed by atoms with E-state index in [1.807, 2.05) is 30.8 Å². The van der Waals surface area contributed by atoms with E-state index in [0.29, 0.717) is 6.54 Å². The van der Waals surface area contributed by atoms with E-state index in [-0.39, 0.29) is 6.10 Å². The highest BCUT2D eigenvalue weighted by Crippen LogP contribution is 2.02. The maximum absolute atomic E-state index is 5.58. The third kappa shape index (κ3) is 3.12. The Morgan fingerprint density at radius 1 is 1.64 bits per heavy atom. The van der Waals surface area contributed by atoms with E-state index >= 15 is 0 Å². The molecule has 1 rings (SSSR count). The van der Waals surface area contributed by atoms with Gasteiger partial charge in [-0.25, -0.2) is 0 Å². The van der Waals surface area contributed by atoms with Crippen molar-refractivity contribution in [1.82, 2.24) is 9.78 Å². The summed E-state index contributed by atoms with van der Waals surface area (Å²) in [6.07, 6.45) is 2.89. The van der Waals surface area contributed by atoms with Gasteiger partial charge in [0.05, 0.1) is 6.10 Å². The number of rotatable bonds is 6. The number of hydrogen-bond donors (Lipinski definition) is 1. The maximum atomic E-state index is 5.58. The van der Waals surface area contributed by atoms with Gasteiger partial charge in [-0.05, 0) is 26.3 Å². The molecule has 0 aliphatic heterocycles. The van der Waals surface area contributed by atoms with Crippen LogP contribution in [-0.4, -0.2) is 29.0 Å². The van der Waals surface area contributed by atoms with Gasteiger partial charge < -0.3 is 10.5 Å². The summed E-state index contributed by atoms with van der Waals surface area (Å²) < 4.78 is 7.44. The van der Waals surface area contributed by atoms with E-state index in [9.17, 15) is 0 Å². The molecule has 1 atom stereocenters. The zero-order valence-electron chi connectivity index (χ0n) is 8.94. The average Bonchev–Trinajstić information content (AvgIpc) is 2.59. The molecule has 0 fully saturated rings. The highest BCUT2D eigenvalue weighted by molar-refractivity contribution is 4.96. The fourth-order valence-electron chi connectivity index (χ4n) is 1.40. The van der Waals surface area contributed by atoms with Crippen molar-refractivity contribution in [3.63, 3.8) is 0 Å². The van der Waals surface area contributed by atoms with Crippen LogP contribution in [0.2, 0.25) is 0 Å². The number of ether oxygens (including phenoxy) is 1. The van der Waals surface area contributed by atoms with Gasteiger partial charge in [0.25, 0.3) is 0 Å². The third-order valence-corrected chi connectivity index (χ3v) is 2.26. The molecule has 1 aromatic heterocycles. The summed E-state index contributed by atoms with van der Waals surface area (Å²) in [5.41, 5.74) is 6.76. The van der Waals surface area contributed by atoms with Crippen LogP contribution in [-0.2, 0) is 11.3 Å². The monoisotopic (exact) mass is 197 g/mol. The summed E-state index contributed by atoms with van der Waals surface area (Å²) in [7, 11) is 0. The van der Waals surface area contributed by atoms with Crippen molar-refractivity contribution in [1.29, 1.82) is 0 Å². The van der Waals surface area contributed by atoms with Crippen LogP contribution < -0.4 is 5.73 Å². The molecule has 0 aromatic carbocycles. The molecule has 0 bridgehead atoms. The van der Waals surface area contributed by atoms with Crippen molar-refractivity contribution >= 4 is 0 Å². The molecule has 4 nitrogen and oxygen atoms in total. The predicted molar refractivity (Wildman–Crippen MR) is 56.0 cm³/mol. The summed E-state index contributed by atoms with van der Waals surface area (Å²) in [6, 6.07) is 2.00. The lowest BCUT2D eigenvalue weighted by molar-refractivity contribution is 0.0591. The molecule has 4 heteroatoms. The summed E-state index contributed by atoms with van der Waals surface area (Å²) in [4.78, 5) is 0. The third-order valence-electron chi connectivity index (χ3n) is 2.26. The molecular formula is C10H19N3O. The lowest BCUT2D eigenvalue weighted by Crippen LogP contribution is -2.25. The zero-order chi connectivity index (χ0) is 10.4. The molecule has 0 aliphatic carbocycles. The largest absolute Gasteiger partial charge is 0.377 e. The van der Waals surface area contributed by atoms with E-state index in [1.165, 1.54) is 5.69 Å². The Labute approximate surface area is 85.0 Å². The molecule has 0 saturated heterocycles. The Morgan fingerprint density at radius 2 is 2.43 bits per heavy atom. The van der Waals surface area contributed by atoms with Crippen molar-refractivity contribution in [2.45, 2.75) is 32.9 Å². The second-order valence-corrected chi connectivity index (χ2v) is 3.30. The molecule has 0 amide bonds. The second kappa shape index (κ2) is 5.78. The van der Waals surface area contributed by atoms with Crippen molar-refractivity contribution < 1.29 is 4.74 Å². The van der Waals surface area contributed by atoms with Crippen molar-refractivity contribution in [3.05, 3.63) is 18.0 Å². The molecule has 2 N–H and O–H groups in total. The van der Waals surface area contributed by atoms with Gasteiger partial charge in [-0.1, -0.05) is 0 Å². The Kier molecular flexibility index (Phi) is 4.62. The van der Waals surface area contributed by atoms with Gasteiger partial charge in [0.1, 0.15) is 0 Å².